The van der Waals surface area contributed by atoms with Gasteiger partial charge < -0.3 is 19.8 Å². The summed E-state index contributed by atoms with van der Waals surface area (Å²) in [7, 11) is 0. The lowest BCUT2D eigenvalue weighted by Gasteiger charge is -2.18. The van der Waals surface area contributed by atoms with Crippen molar-refractivity contribution in [1.29, 1.82) is 10.5 Å². The number of amides is 2. The average molecular weight is 741 g/mol. The van der Waals surface area contributed by atoms with Crippen molar-refractivity contribution in [2.24, 2.45) is 0 Å². The van der Waals surface area contributed by atoms with Gasteiger partial charge in [0.05, 0.1) is 44.9 Å². The maximum atomic E-state index is 14.5. The van der Waals surface area contributed by atoms with E-state index in [0.717, 1.165) is 29.5 Å². The Morgan fingerprint density at radius 2 is 1.49 bits per heavy atom. The van der Waals surface area contributed by atoms with Crippen LogP contribution in [0.5, 0.6) is 0 Å². The Labute approximate surface area is 303 Å². The molecule has 2 aromatic heterocycles. The Balaban J connectivity index is 0.000000164. The minimum Gasteiger partial charge on any atom is -0.351 e. The third-order valence-corrected chi connectivity index (χ3v) is 9.71. The number of alkyl halides is 3. The van der Waals surface area contributed by atoms with Crippen LogP contribution in [0.4, 0.5) is 22.0 Å². The maximum absolute atomic E-state index is 14.5. The summed E-state index contributed by atoms with van der Waals surface area (Å²) in [4.78, 5) is 24.6. The number of nitrogens with one attached hydrogen (secondary N) is 2. The van der Waals surface area contributed by atoms with Gasteiger partial charge in [-0.05, 0) is 79.1 Å². The van der Waals surface area contributed by atoms with Crippen LogP contribution in [0.15, 0.2) is 66.7 Å². The van der Waals surface area contributed by atoms with E-state index in [0.29, 0.717) is 76.2 Å². The molecule has 6 aromatic rings. The zero-order valence-corrected chi connectivity index (χ0v) is 28.5. The molecule has 0 aliphatic carbocycles. The smallest absolute Gasteiger partial charge is 0.351 e. The van der Waals surface area contributed by atoms with E-state index in [1.165, 1.54) is 30.3 Å². The molecule has 4 aromatic carbocycles. The Hall–Kier alpha value is -6.18. The lowest BCUT2D eigenvalue weighted by molar-refractivity contribution is -0.137. The molecule has 0 unspecified atom stereocenters. The highest BCUT2D eigenvalue weighted by atomic mass is 35.5. The van der Waals surface area contributed by atoms with Gasteiger partial charge in [-0.3, -0.25) is 9.59 Å². The number of halogens is 6. The fourth-order valence-corrected chi connectivity index (χ4v) is 7.30. The molecule has 0 atom stereocenters. The predicted octanol–water partition coefficient (Wildman–Crippen LogP) is 8.50. The number of hydrogen-bond acceptors (Lipinski definition) is 4. The standard InChI is InChI=1S/C20H15F2N3O.C19H11ClF3N3O/c1-11-15-7-12(10-23)8-16(14-4-3-13(21)9-17(14)22)19(15)25-6-2-5-24-20(26)18(11)25;20-15-2-1-11(7-14(15)19(21,22)23)13-6-10(9-24)5-12-8-16-18(27)25-3-4-26(16)17(12)13/h3-4,7-9H,2,5-6H2,1H3,(H,24,26);1-2,5-8H,3-4H2,(H,25,27). The molecule has 2 aliphatic heterocycles. The van der Waals surface area contributed by atoms with E-state index in [-0.39, 0.29) is 22.9 Å². The molecule has 8 rings (SSSR count). The number of aromatic nitrogens is 2. The van der Waals surface area contributed by atoms with Crippen LogP contribution in [0.2, 0.25) is 5.02 Å². The van der Waals surface area contributed by atoms with Crippen molar-refractivity contribution >= 4 is 45.2 Å². The van der Waals surface area contributed by atoms with E-state index < -0.39 is 28.4 Å². The molecule has 8 nitrogen and oxygen atoms in total. The first-order chi connectivity index (χ1) is 25.3. The Kier molecular flexibility index (Phi) is 8.92. The second-order valence-corrected chi connectivity index (χ2v) is 13.0. The number of fused-ring (bicyclic) bond motifs is 6. The highest BCUT2D eigenvalue weighted by molar-refractivity contribution is 6.31. The van der Waals surface area contributed by atoms with Crippen LogP contribution in [0.25, 0.3) is 44.1 Å². The first-order valence-electron chi connectivity index (χ1n) is 16.3. The van der Waals surface area contributed by atoms with Gasteiger partial charge in [0.25, 0.3) is 11.8 Å². The van der Waals surface area contributed by atoms with Crippen molar-refractivity contribution in [3.63, 3.8) is 0 Å². The van der Waals surface area contributed by atoms with E-state index in [1.54, 1.807) is 28.8 Å². The fourth-order valence-electron chi connectivity index (χ4n) is 7.07. The number of rotatable bonds is 2. The van der Waals surface area contributed by atoms with E-state index >= 15 is 0 Å². The summed E-state index contributed by atoms with van der Waals surface area (Å²) >= 11 is 5.73. The molecule has 0 saturated carbocycles. The van der Waals surface area contributed by atoms with Crippen molar-refractivity contribution < 1.29 is 31.5 Å². The van der Waals surface area contributed by atoms with Gasteiger partial charge in [-0.2, -0.15) is 23.7 Å². The quantitative estimate of drug-likeness (QED) is 0.173. The summed E-state index contributed by atoms with van der Waals surface area (Å²) in [5, 5.41) is 25.3. The molecule has 0 radical (unpaired) electrons. The van der Waals surface area contributed by atoms with E-state index in [9.17, 15) is 42.1 Å². The molecule has 2 amide bonds. The summed E-state index contributed by atoms with van der Waals surface area (Å²) in [6.45, 7) is 3.90. The van der Waals surface area contributed by atoms with Crippen molar-refractivity contribution in [2.45, 2.75) is 32.6 Å². The zero-order chi connectivity index (χ0) is 37.8. The normalized spacial score (nSPS) is 13.9. The molecule has 4 heterocycles. The molecule has 0 bridgehead atoms. The van der Waals surface area contributed by atoms with Crippen molar-refractivity contribution in [2.75, 3.05) is 13.1 Å². The molecular weight excluding hydrogens is 715 g/mol. The summed E-state index contributed by atoms with van der Waals surface area (Å²) < 4.78 is 71.3. The SMILES string of the molecule is Cc1c2n(c3c(-c4ccc(F)cc4F)cc(C#N)cc13)CCCNC2=O.N#Cc1cc(-c2ccc(Cl)c(C(F)(F)F)c2)c2c(c1)cc1n2CCNC1=O. The van der Waals surface area contributed by atoms with Crippen LogP contribution >= 0.6 is 11.6 Å². The summed E-state index contributed by atoms with van der Waals surface area (Å²) in [6, 6.07) is 19.2. The van der Waals surface area contributed by atoms with Crippen LogP contribution in [0.3, 0.4) is 0 Å². The molecule has 0 spiro atoms. The van der Waals surface area contributed by atoms with Gasteiger partial charge in [0.2, 0.25) is 0 Å². The molecule has 2 N–H and O–H groups in total. The predicted molar refractivity (Wildman–Crippen MR) is 188 cm³/mol. The number of carbonyl (C=O) groups excluding carboxylic acids is 2. The van der Waals surface area contributed by atoms with Crippen LogP contribution in [0.1, 0.15) is 49.7 Å². The van der Waals surface area contributed by atoms with E-state index in [2.05, 4.69) is 16.7 Å². The Bertz CT molecular complexity index is 2610. The number of nitriles is 2. The first-order valence-corrected chi connectivity index (χ1v) is 16.7. The lowest BCUT2D eigenvalue weighted by Crippen LogP contribution is -2.34. The highest BCUT2D eigenvalue weighted by Gasteiger charge is 2.34. The minimum absolute atomic E-state index is 0.180. The van der Waals surface area contributed by atoms with Crippen molar-refractivity contribution in [3.05, 3.63) is 117 Å². The molecule has 0 saturated heterocycles. The number of aryl methyl sites for hydroxylation is 2. The summed E-state index contributed by atoms with van der Waals surface area (Å²) in [5.74, 6) is -1.80. The molecule has 2 aliphatic rings. The molecular formula is C39H26ClF5N6O2. The Morgan fingerprint density at radius 3 is 2.21 bits per heavy atom. The Morgan fingerprint density at radius 1 is 0.774 bits per heavy atom. The first kappa shape index (κ1) is 35.2. The minimum atomic E-state index is -4.60. The van der Waals surface area contributed by atoms with E-state index in [1.807, 2.05) is 17.6 Å². The molecule has 53 heavy (non-hydrogen) atoms. The molecule has 14 heteroatoms. The van der Waals surface area contributed by atoms with Gasteiger partial charge in [-0.25, -0.2) is 8.78 Å². The van der Waals surface area contributed by atoms with Gasteiger partial charge in [-0.1, -0.05) is 17.7 Å². The fraction of sp³-hybridized carbons (Fsp3) is 0.179. The monoisotopic (exact) mass is 740 g/mol. The number of nitrogens with zero attached hydrogens (tertiary/aromatic N) is 4. The average Bonchev–Trinajstić information content (AvgIpc) is 3.57. The second-order valence-electron chi connectivity index (χ2n) is 12.6. The number of carbonyl (C=O) groups is 2. The summed E-state index contributed by atoms with van der Waals surface area (Å²) in [5.41, 5.74) is 4.14. The van der Waals surface area contributed by atoms with Crippen LogP contribution < -0.4 is 10.6 Å². The van der Waals surface area contributed by atoms with Crippen LogP contribution in [-0.4, -0.2) is 34.0 Å². The number of hydrogen-bond donors (Lipinski definition) is 2. The largest absolute Gasteiger partial charge is 0.417 e. The third kappa shape index (κ3) is 6.23. The maximum Gasteiger partial charge on any atom is 0.417 e. The van der Waals surface area contributed by atoms with Gasteiger partial charge >= 0.3 is 6.18 Å². The topological polar surface area (TPSA) is 116 Å². The van der Waals surface area contributed by atoms with Crippen LogP contribution in [0, 0.1) is 41.2 Å². The van der Waals surface area contributed by atoms with Gasteiger partial charge in [0, 0.05) is 59.7 Å². The lowest BCUT2D eigenvalue weighted by atomic mass is 9.98. The van der Waals surface area contributed by atoms with Gasteiger partial charge in [0.15, 0.2) is 0 Å². The highest BCUT2D eigenvalue weighted by Crippen LogP contribution is 2.40. The van der Waals surface area contributed by atoms with Crippen LogP contribution in [-0.2, 0) is 19.3 Å². The molecule has 0 fully saturated rings. The van der Waals surface area contributed by atoms with Crippen molar-refractivity contribution in [3.8, 4) is 34.4 Å². The van der Waals surface area contributed by atoms with Gasteiger partial charge in [-0.15, -0.1) is 0 Å². The number of benzene rings is 4. The van der Waals surface area contributed by atoms with E-state index in [4.69, 9.17) is 11.6 Å². The third-order valence-electron chi connectivity index (χ3n) is 9.38. The summed E-state index contributed by atoms with van der Waals surface area (Å²) in [6.07, 6.45) is -3.86. The van der Waals surface area contributed by atoms with Gasteiger partial charge in [0.1, 0.15) is 23.0 Å². The second kappa shape index (κ2) is 13.4. The van der Waals surface area contributed by atoms with Crippen molar-refractivity contribution in [1.82, 2.24) is 19.8 Å². The zero-order valence-electron chi connectivity index (χ0n) is 27.8. The molecule has 266 valence electrons.